The molecule has 1 saturated carbocycles. The van der Waals surface area contributed by atoms with Gasteiger partial charge in [-0.05, 0) is 24.7 Å². The maximum absolute atomic E-state index is 4.44. The number of rotatable bonds is 2. The quantitative estimate of drug-likeness (QED) is 0.661. The zero-order valence-electron chi connectivity index (χ0n) is 8.28. The molecule has 1 aliphatic carbocycles. The molecular formula is C11H18NS. The van der Waals surface area contributed by atoms with Gasteiger partial charge in [0, 0.05) is 5.75 Å². The maximum Gasteiger partial charge on any atom is 0.0634 e. The van der Waals surface area contributed by atoms with Gasteiger partial charge in [-0.25, -0.2) is 0 Å². The molecule has 13 heavy (non-hydrogen) atoms. The van der Waals surface area contributed by atoms with Crippen LogP contribution in [0.3, 0.4) is 0 Å². The summed E-state index contributed by atoms with van der Waals surface area (Å²) in [7, 11) is 0. The molecule has 2 heteroatoms. The van der Waals surface area contributed by atoms with Crippen LogP contribution in [0.15, 0.2) is 4.99 Å². The first kappa shape index (κ1) is 9.57. The molecule has 2 aliphatic rings. The molecule has 2 rings (SSSR count). The molecule has 1 aliphatic heterocycles. The van der Waals surface area contributed by atoms with Crippen LogP contribution >= 0.6 is 11.8 Å². The molecule has 0 aromatic heterocycles. The molecule has 73 valence electrons. The average molecular weight is 196 g/mol. The van der Waals surface area contributed by atoms with E-state index in [0.717, 1.165) is 11.8 Å². The van der Waals surface area contributed by atoms with Crippen molar-refractivity contribution in [1.82, 2.24) is 0 Å². The zero-order chi connectivity index (χ0) is 9.10. The minimum Gasteiger partial charge on any atom is -0.282 e. The summed E-state index contributed by atoms with van der Waals surface area (Å²) in [6.07, 6.45) is 8.16. The predicted molar refractivity (Wildman–Crippen MR) is 60.2 cm³/mol. The highest BCUT2D eigenvalue weighted by Gasteiger charge is 2.23. The topological polar surface area (TPSA) is 12.4 Å². The van der Waals surface area contributed by atoms with Crippen LogP contribution in [-0.4, -0.2) is 17.3 Å². The lowest BCUT2D eigenvalue weighted by Crippen LogP contribution is -2.19. The number of aliphatic imine (C=N–C) groups is 1. The fraction of sp³-hybridized carbons (Fsp3) is 0.818. The van der Waals surface area contributed by atoms with Crippen molar-refractivity contribution in [1.29, 1.82) is 0 Å². The predicted octanol–water partition coefficient (Wildman–Crippen LogP) is 3.16. The van der Waals surface area contributed by atoms with E-state index < -0.39 is 0 Å². The van der Waals surface area contributed by atoms with Crippen molar-refractivity contribution in [3.8, 4) is 0 Å². The van der Waals surface area contributed by atoms with E-state index in [1.165, 1.54) is 31.4 Å². The Balaban J connectivity index is 1.76. The van der Waals surface area contributed by atoms with Crippen LogP contribution in [0.25, 0.3) is 0 Å². The number of hydrogen-bond acceptors (Lipinski definition) is 2. The average Bonchev–Trinajstić information content (AvgIpc) is 2.57. The minimum absolute atomic E-state index is 0.528. The summed E-state index contributed by atoms with van der Waals surface area (Å²) in [6.45, 7) is 2.38. The summed E-state index contributed by atoms with van der Waals surface area (Å²) in [5, 5.41) is 0. The lowest BCUT2D eigenvalue weighted by molar-refractivity contribution is 0.304. The van der Waals surface area contributed by atoms with Crippen LogP contribution in [-0.2, 0) is 0 Å². The van der Waals surface area contributed by atoms with E-state index in [0.29, 0.717) is 6.04 Å². The Morgan fingerprint density at radius 2 is 2.38 bits per heavy atom. The van der Waals surface area contributed by atoms with Gasteiger partial charge in [0.15, 0.2) is 0 Å². The van der Waals surface area contributed by atoms with Gasteiger partial charge in [0.1, 0.15) is 0 Å². The molecule has 0 N–H and O–H groups in total. The normalized spacial score (nSPS) is 39.6. The van der Waals surface area contributed by atoms with Gasteiger partial charge in [-0.1, -0.05) is 26.2 Å². The fourth-order valence-corrected chi connectivity index (χ4v) is 3.10. The summed E-state index contributed by atoms with van der Waals surface area (Å²) in [6, 6.07) is 0.528. The highest BCUT2D eigenvalue weighted by Crippen LogP contribution is 2.32. The van der Waals surface area contributed by atoms with Gasteiger partial charge in [-0.3, -0.25) is 4.99 Å². The molecular weight excluding hydrogens is 178 g/mol. The lowest BCUT2D eigenvalue weighted by atomic mass is 9.80. The lowest BCUT2D eigenvalue weighted by Gasteiger charge is -2.27. The van der Waals surface area contributed by atoms with Crippen molar-refractivity contribution in [2.75, 3.05) is 5.75 Å². The van der Waals surface area contributed by atoms with Gasteiger partial charge in [-0.2, -0.15) is 0 Å². The molecule has 1 nitrogen and oxygen atoms in total. The molecule has 1 radical (unpaired) electrons. The molecule has 0 aromatic rings. The molecule has 0 saturated heterocycles. The van der Waals surface area contributed by atoms with Gasteiger partial charge >= 0.3 is 0 Å². The number of hydrogen-bond donors (Lipinski definition) is 0. The Hall–Kier alpha value is 0.0200. The van der Waals surface area contributed by atoms with Crippen LogP contribution in [0, 0.1) is 18.3 Å². The second-order valence-electron chi connectivity index (χ2n) is 4.38. The first-order chi connectivity index (χ1) is 6.34. The van der Waals surface area contributed by atoms with Crippen LogP contribution < -0.4 is 0 Å². The molecule has 0 amide bonds. The Morgan fingerprint density at radius 1 is 1.46 bits per heavy atom. The smallest absolute Gasteiger partial charge is 0.0634 e. The van der Waals surface area contributed by atoms with Crippen LogP contribution in [0.2, 0.25) is 0 Å². The van der Waals surface area contributed by atoms with Crippen molar-refractivity contribution in [2.45, 2.75) is 38.6 Å². The van der Waals surface area contributed by atoms with Crippen LogP contribution in [0.1, 0.15) is 32.6 Å². The highest BCUT2D eigenvalue weighted by molar-refractivity contribution is 8.12. The third-order valence-corrected chi connectivity index (χ3v) is 3.87. The van der Waals surface area contributed by atoms with Crippen LogP contribution in [0.4, 0.5) is 0 Å². The molecule has 0 bridgehead atoms. The molecule has 0 aromatic carbocycles. The van der Waals surface area contributed by atoms with Crippen LogP contribution in [0.5, 0.6) is 0 Å². The summed E-state index contributed by atoms with van der Waals surface area (Å²) in [5.74, 6) is 2.97. The molecule has 3 unspecified atom stereocenters. The van der Waals surface area contributed by atoms with E-state index in [1.54, 1.807) is 0 Å². The summed E-state index contributed by atoms with van der Waals surface area (Å²) in [5.41, 5.74) is 2.01. The molecule has 1 heterocycles. The first-order valence-corrected chi connectivity index (χ1v) is 6.37. The van der Waals surface area contributed by atoms with Gasteiger partial charge < -0.3 is 0 Å². The minimum atomic E-state index is 0.528. The second kappa shape index (κ2) is 4.50. The van der Waals surface area contributed by atoms with Gasteiger partial charge in [0.25, 0.3) is 0 Å². The van der Waals surface area contributed by atoms with E-state index in [9.17, 15) is 0 Å². The van der Waals surface area contributed by atoms with Gasteiger partial charge in [0.2, 0.25) is 0 Å². The van der Waals surface area contributed by atoms with E-state index in [4.69, 9.17) is 0 Å². The fourth-order valence-electron chi connectivity index (χ4n) is 2.38. The Kier molecular flexibility index (Phi) is 3.31. The van der Waals surface area contributed by atoms with Crippen molar-refractivity contribution < 1.29 is 0 Å². The number of thioether (sulfide) groups is 1. The maximum atomic E-state index is 4.44. The largest absolute Gasteiger partial charge is 0.282 e. The van der Waals surface area contributed by atoms with Gasteiger partial charge in [0.05, 0.1) is 11.6 Å². The summed E-state index contributed by atoms with van der Waals surface area (Å²) >= 11 is 1.85. The summed E-state index contributed by atoms with van der Waals surface area (Å²) < 4.78 is 0. The van der Waals surface area contributed by atoms with Crippen molar-refractivity contribution in [2.24, 2.45) is 16.8 Å². The summed E-state index contributed by atoms with van der Waals surface area (Å²) in [4.78, 5) is 4.44. The highest BCUT2D eigenvalue weighted by atomic mass is 32.2. The standard InChI is InChI=1S/C11H18NS/c1-9-3-2-4-10(5-9)6-11-7-13-8-12-11/h6,8-11H,2-5,7H2,1H3. The molecule has 3 atom stereocenters. The van der Waals surface area contributed by atoms with Crippen molar-refractivity contribution >= 4 is 17.3 Å². The van der Waals surface area contributed by atoms with Crippen molar-refractivity contribution in [3.05, 3.63) is 6.42 Å². The SMILES string of the molecule is CC1CCCC([CH]C2CSC=N2)C1. The Bertz CT molecular complexity index is 191. The van der Waals surface area contributed by atoms with E-state index in [1.807, 2.05) is 17.3 Å². The number of nitrogens with zero attached hydrogens (tertiary/aromatic N) is 1. The van der Waals surface area contributed by atoms with E-state index in [-0.39, 0.29) is 0 Å². The Labute approximate surface area is 85.4 Å². The van der Waals surface area contributed by atoms with E-state index >= 15 is 0 Å². The monoisotopic (exact) mass is 196 g/mol. The van der Waals surface area contributed by atoms with Gasteiger partial charge in [-0.15, -0.1) is 11.8 Å². The first-order valence-electron chi connectivity index (χ1n) is 5.33. The molecule has 1 fully saturated rings. The molecule has 0 spiro atoms. The third kappa shape index (κ3) is 2.73. The Morgan fingerprint density at radius 3 is 3.08 bits per heavy atom. The van der Waals surface area contributed by atoms with E-state index in [2.05, 4.69) is 18.3 Å². The zero-order valence-corrected chi connectivity index (χ0v) is 9.09. The second-order valence-corrected chi connectivity index (χ2v) is 5.26. The van der Waals surface area contributed by atoms with Crippen molar-refractivity contribution in [3.63, 3.8) is 0 Å². The third-order valence-electron chi connectivity index (χ3n) is 3.07.